The van der Waals surface area contributed by atoms with Gasteiger partial charge < -0.3 is 0 Å². The molecular weight excluding hydrogens is 324 g/mol. The normalized spacial score (nSPS) is 22.8. The van der Waals surface area contributed by atoms with Crippen molar-refractivity contribution in [3.05, 3.63) is 95.1 Å². The summed E-state index contributed by atoms with van der Waals surface area (Å²) in [5.41, 5.74) is 9.42. The third-order valence-electron chi connectivity index (χ3n) is 7.33. The van der Waals surface area contributed by atoms with E-state index >= 15 is 0 Å². The summed E-state index contributed by atoms with van der Waals surface area (Å²) in [6.07, 6.45) is 2.48. The summed E-state index contributed by atoms with van der Waals surface area (Å²) in [5, 5.41) is 0. The lowest BCUT2D eigenvalue weighted by Gasteiger charge is -2.43. The van der Waals surface area contributed by atoms with E-state index in [4.69, 9.17) is 0 Å². The Bertz CT molecular complexity index is 949. The van der Waals surface area contributed by atoms with Crippen molar-refractivity contribution in [2.24, 2.45) is 5.41 Å². The van der Waals surface area contributed by atoms with Gasteiger partial charge >= 0.3 is 0 Å². The Labute approximate surface area is 163 Å². The van der Waals surface area contributed by atoms with E-state index < -0.39 is 0 Å². The summed E-state index contributed by atoms with van der Waals surface area (Å²) >= 11 is 0. The van der Waals surface area contributed by atoms with Crippen molar-refractivity contribution in [3.63, 3.8) is 0 Å². The summed E-state index contributed by atoms with van der Waals surface area (Å²) in [6.45, 7) is 7.32. The van der Waals surface area contributed by atoms with Crippen LogP contribution in [-0.2, 0) is 0 Å². The molecule has 0 saturated heterocycles. The molecule has 0 radical (unpaired) electrons. The van der Waals surface area contributed by atoms with Gasteiger partial charge in [0.25, 0.3) is 0 Å². The highest BCUT2D eigenvalue weighted by atomic mass is 14.4. The lowest BCUT2D eigenvalue weighted by Crippen LogP contribution is -2.30. The van der Waals surface area contributed by atoms with Gasteiger partial charge in [0.15, 0.2) is 0 Å². The molecule has 0 heterocycles. The molecule has 2 aliphatic carbocycles. The van der Waals surface area contributed by atoms with Crippen LogP contribution in [0.1, 0.15) is 73.6 Å². The number of hydrogen-bond donors (Lipinski definition) is 0. The van der Waals surface area contributed by atoms with Gasteiger partial charge in [0.1, 0.15) is 0 Å². The lowest BCUT2D eigenvalue weighted by atomic mass is 9.61. The maximum atomic E-state index is 2.46. The van der Waals surface area contributed by atoms with Crippen molar-refractivity contribution >= 4 is 0 Å². The minimum Gasteiger partial charge on any atom is -0.0620 e. The van der Waals surface area contributed by atoms with Gasteiger partial charge in [0.2, 0.25) is 0 Å². The molecule has 3 aromatic rings. The zero-order valence-corrected chi connectivity index (χ0v) is 16.6. The van der Waals surface area contributed by atoms with E-state index in [1.54, 1.807) is 11.1 Å². The highest BCUT2D eigenvalue weighted by molar-refractivity contribution is 5.78. The van der Waals surface area contributed by atoms with Crippen LogP contribution in [0, 0.1) is 5.41 Å². The maximum absolute atomic E-state index is 2.46. The van der Waals surface area contributed by atoms with Gasteiger partial charge in [0, 0.05) is 5.92 Å². The first-order chi connectivity index (χ1) is 13.1. The van der Waals surface area contributed by atoms with E-state index in [1.807, 2.05) is 0 Å². The van der Waals surface area contributed by atoms with Gasteiger partial charge in [0.05, 0.1) is 0 Å². The first-order valence-corrected chi connectivity index (χ1v) is 10.3. The van der Waals surface area contributed by atoms with Gasteiger partial charge in [-0.25, -0.2) is 0 Å². The van der Waals surface area contributed by atoms with E-state index in [1.165, 1.54) is 35.1 Å². The van der Waals surface area contributed by atoms with E-state index in [0.717, 1.165) is 0 Å². The van der Waals surface area contributed by atoms with Crippen molar-refractivity contribution in [1.29, 1.82) is 0 Å². The Morgan fingerprint density at radius 3 is 1.78 bits per heavy atom. The van der Waals surface area contributed by atoms with E-state index in [2.05, 4.69) is 93.6 Å². The fourth-order valence-electron chi connectivity index (χ4n) is 5.63. The highest BCUT2D eigenvalue weighted by Gasteiger charge is 2.40. The molecule has 0 heteroatoms. The van der Waals surface area contributed by atoms with Crippen molar-refractivity contribution < 1.29 is 0 Å². The molecular formula is C27H28. The molecule has 0 N–H and O–H groups in total. The minimum absolute atomic E-state index is 0.344. The van der Waals surface area contributed by atoms with Gasteiger partial charge in [-0.05, 0) is 63.5 Å². The molecule has 0 spiro atoms. The molecule has 136 valence electrons. The zero-order valence-electron chi connectivity index (χ0n) is 16.6. The second-order valence-electron chi connectivity index (χ2n) is 9.20. The molecule has 0 nitrogen and oxygen atoms in total. The van der Waals surface area contributed by atoms with E-state index in [0.29, 0.717) is 23.2 Å². The predicted octanol–water partition coefficient (Wildman–Crippen LogP) is 7.51. The number of hydrogen-bond acceptors (Lipinski definition) is 0. The number of fused-ring (bicyclic) bond motifs is 4. The molecule has 0 aromatic heterocycles. The third kappa shape index (κ3) is 2.57. The molecule has 2 aliphatic rings. The Morgan fingerprint density at radius 2 is 1.19 bits per heavy atom. The minimum atomic E-state index is 0.344. The molecule has 0 amide bonds. The summed E-state index contributed by atoms with van der Waals surface area (Å²) in [6, 6.07) is 27.3. The van der Waals surface area contributed by atoms with Crippen LogP contribution in [0.15, 0.2) is 72.8 Å². The van der Waals surface area contributed by atoms with Gasteiger partial charge in [-0.3, -0.25) is 0 Å². The second-order valence-corrected chi connectivity index (χ2v) is 9.20. The van der Waals surface area contributed by atoms with E-state index in [9.17, 15) is 0 Å². The van der Waals surface area contributed by atoms with Crippen molar-refractivity contribution in [2.45, 2.75) is 51.4 Å². The van der Waals surface area contributed by atoms with E-state index in [-0.39, 0.29) is 0 Å². The van der Waals surface area contributed by atoms with Crippen LogP contribution in [0.4, 0.5) is 0 Å². The van der Waals surface area contributed by atoms with Crippen LogP contribution < -0.4 is 0 Å². The maximum Gasteiger partial charge on any atom is 0.0107 e. The van der Waals surface area contributed by atoms with Crippen LogP contribution in [0.3, 0.4) is 0 Å². The Hall–Kier alpha value is -2.34. The average Bonchev–Trinajstić information content (AvgIpc) is 3.00. The molecule has 1 unspecified atom stereocenters. The smallest absolute Gasteiger partial charge is 0.0107 e. The second kappa shape index (κ2) is 6.09. The summed E-state index contributed by atoms with van der Waals surface area (Å²) in [7, 11) is 0. The molecule has 0 bridgehead atoms. The van der Waals surface area contributed by atoms with Crippen LogP contribution in [0.25, 0.3) is 11.1 Å². The van der Waals surface area contributed by atoms with Crippen LogP contribution in [0.5, 0.6) is 0 Å². The topological polar surface area (TPSA) is 0 Å². The number of benzene rings is 3. The van der Waals surface area contributed by atoms with Gasteiger partial charge in [-0.1, -0.05) is 93.6 Å². The molecule has 5 rings (SSSR count). The summed E-state index contributed by atoms with van der Waals surface area (Å²) in [4.78, 5) is 0. The van der Waals surface area contributed by atoms with Crippen LogP contribution >= 0.6 is 0 Å². The lowest BCUT2D eigenvalue weighted by molar-refractivity contribution is 0.224. The van der Waals surface area contributed by atoms with Crippen LogP contribution in [-0.4, -0.2) is 0 Å². The Morgan fingerprint density at radius 1 is 0.704 bits per heavy atom. The molecule has 2 atom stereocenters. The van der Waals surface area contributed by atoms with Gasteiger partial charge in [-0.15, -0.1) is 0 Å². The summed E-state index contributed by atoms with van der Waals surface area (Å²) in [5.74, 6) is 1.75. The molecule has 0 saturated carbocycles. The SMILES string of the molecule is C[C@H]1c2ccccc2C(CC2c3ccccc3-c3ccccc32)CC1(C)C. The fraction of sp³-hybridized carbons (Fsp3) is 0.333. The van der Waals surface area contributed by atoms with Crippen molar-refractivity contribution in [3.8, 4) is 11.1 Å². The molecule has 0 fully saturated rings. The third-order valence-corrected chi connectivity index (χ3v) is 7.33. The van der Waals surface area contributed by atoms with Gasteiger partial charge in [-0.2, -0.15) is 0 Å². The number of rotatable bonds is 2. The average molecular weight is 353 g/mol. The predicted molar refractivity (Wildman–Crippen MR) is 114 cm³/mol. The first kappa shape index (κ1) is 16.8. The Balaban J connectivity index is 1.59. The molecule has 0 aliphatic heterocycles. The monoisotopic (exact) mass is 352 g/mol. The molecule has 3 aromatic carbocycles. The fourth-order valence-corrected chi connectivity index (χ4v) is 5.63. The first-order valence-electron chi connectivity index (χ1n) is 10.3. The zero-order chi connectivity index (χ0) is 18.6. The van der Waals surface area contributed by atoms with Crippen molar-refractivity contribution in [2.75, 3.05) is 0 Å². The standard InChI is InChI=1S/C27H28/c1-18-20-10-4-5-11-21(20)19(17-27(18,2)3)16-26-24-14-8-6-12-22(24)23-13-7-9-15-25(23)26/h4-15,18-19,26H,16-17H2,1-3H3/t18-,19?/m0/s1. The van der Waals surface area contributed by atoms with Crippen molar-refractivity contribution in [1.82, 2.24) is 0 Å². The van der Waals surface area contributed by atoms with Crippen LogP contribution in [0.2, 0.25) is 0 Å². The largest absolute Gasteiger partial charge is 0.0620 e. The summed E-state index contributed by atoms with van der Waals surface area (Å²) < 4.78 is 0. The quantitative estimate of drug-likeness (QED) is 0.448. The Kier molecular flexibility index (Phi) is 3.79. The molecule has 27 heavy (non-hydrogen) atoms. The highest BCUT2D eigenvalue weighted by Crippen LogP contribution is 2.55.